The first kappa shape index (κ1) is 18.8. The van der Waals surface area contributed by atoms with Crippen molar-refractivity contribution >= 4 is 40.5 Å². The fourth-order valence-corrected chi connectivity index (χ4v) is 2.51. The van der Waals surface area contributed by atoms with Gasteiger partial charge < -0.3 is 15.1 Å². The zero-order chi connectivity index (χ0) is 18.6. The standard InChI is InChI=1S/C19H22ClN3O2/c1-13-5-6-15(11-18(13)20)21-19(25)12-23(14(2)24)17-9-7-16(8-10-17)22(3)4/h5-11H,12H2,1-4H3,(H,21,25). The Balaban J connectivity index is 2.11. The van der Waals surface area contributed by atoms with Gasteiger partial charge in [0.05, 0.1) is 0 Å². The number of aryl methyl sites for hydroxylation is 1. The Bertz CT molecular complexity index is 773. The summed E-state index contributed by atoms with van der Waals surface area (Å²) >= 11 is 6.07. The molecule has 132 valence electrons. The predicted octanol–water partition coefficient (Wildman–Crippen LogP) is 3.71. The highest BCUT2D eigenvalue weighted by molar-refractivity contribution is 6.31. The van der Waals surface area contributed by atoms with Gasteiger partial charge in [-0.2, -0.15) is 0 Å². The lowest BCUT2D eigenvalue weighted by atomic mass is 10.2. The summed E-state index contributed by atoms with van der Waals surface area (Å²) < 4.78 is 0. The summed E-state index contributed by atoms with van der Waals surface area (Å²) in [6, 6.07) is 12.8. The van der Waals surface area contributed by atoms with E-state index < -0.39 is 0 Å². The Kier molecular flexibility index (Phi) is 6.04. The summed E-state index contributed by atoms with van der Waals surface area (Å²) in [6.07, 6.45) is 0. The number of rotatable bonds is 5. The molecular formula is C19H22ClN3O2. The van der Waals surface area contributed by atoms with Crippen LogP contribution in [0.25, 0.3) is 0 Å². The molecule has 2 aromatic rings. The molecule has 0 aliphatic carbocycles. The van der Waals surface area contributed by atoms with Crippen molar-refractivity contribution in [3.63, 3.8) is 0 Å². The van der Waals surface area contributed by atoms with Crippen LogP contribution in [0, 0.1) is 6.92 Å². The number of carbonyl (C=O) groups excluding carboxylic acids is 2. The number of nitrogens with one attached hydrogen (secondary N) is 1. The molecule has 2 amide bonds. The monoisotopic (exact) mass is 359 g/mol. The molecule has 0 saturated heterocycles. The van der Waals surface area contributed by atoms with Gasteiger partial charge in [-0.15, -0.1) is 0 Å². The van der Waals surface area contributed by atoms with Crippen LogP contribution in [0.5, 0.6) is 0 Å². The van der Waals surface area contributed by atoms with Crippen molar-refractivity contribution in [1.82, 2.24) is 0 Å². The van der Waals surface area contributed by atoms with Crippen molar-refractivity contribution in [1.29, 1.82) is 0 Å². The summed E-state index contributed by atoms with van der Waals surface area (Å²) in [5.41, 5.74) is 3.24. The molecule has 2 rings (SSSR count). The second kappa shape index (κ2) is 8.03. The van der Waals surface area contributed by atoms with Gasteiger partial charge in [-0.05, 0) is 48.9 Å². The first-order valence-corrected chi connectivity index (χ1v) is 8.27. The molecule has 0 fully saturated rings. The molecule has 0 radical (unpaired) electrons. The third-order valence-electron chi connectivity index (χ3n) is 3.82. The van der Waals surface area contributed by atoms with E-state index in [1.807, 2.05) is 56.3 Å². The van der Waals surface area contributed by atoms with Gasteiger partial charge in [0.1, 0.15) is 6.54 Å². The molecule has 2 aromatic carbocycles. The van der Waals surface area contributed by atoms with E-state index in [4.69, 9.17) is 11.6 Å². The molecule has 0 heterocycles. The summed E-state index contributed by atoms with van der Waals surface area (Å²) in [5, 5.41) is 3.35. The minimum Gasteiger partial charge on any atom is -0.378 e. The van der Waals surface area contributed by atoms with Crippen LogP contribution < -0.4 is 15.1 Å². The van der Waals surface area contributed by atoms with Gasteiger partial charge in [-0.1, -0.05) is 17.7 Å². The highest BCUT2D eigenvalue weighted by Gasteiger charge is 2.16. The van der Waals surface area contributed by atoms with Crippen LogP contribution in [0.2, 0.25) is 5.02 Å². The average molecular weight is 360 g/mol. The van der Waals surface area contributed by atoms with E-state index in [2.05, 4.69) is 5.32 Å². The molecule has 0 bridgehead atoms. The Hall–Kier alpha value is -2.53. The third-order valence-corrected chi connectivity index (χ3v) is 4.22. The van der Waals surface area contributed by atoms with E-state index >= 15 is 0 Å². The first-order chi connectivity index (χ1) is 11.8. The van der Waals surface area contributed by atoms with Crippen molar-refractivity contribution in [2.75, 3.05) is 35.8 Å². The Morgan fingerprint density at radius 2 is 1.64 bits per heavy atom. The van der Waals surface area contributed by atoms with Crippen molar-refractivity contribution in [3.05, 3.63) is 53.1 Å². The van der Waals surface area contributed by atoms with Gasteiger partial charge >= 0.3 is 0 Å². The van der Waals surface area contributed by atoms with E-state index in [0.29, 0.717) is 16.4 Å². The summed E-state index contributed by atoms with van der Waals surface area (Å²) in [5.74, 6) is -0.485. The van der Waals surface area contributed by atoms with Crippen LogP contribution in [0.15, 0.2) is 42.5 Å². The van der Waals surface area contributed by atoms with Crippen LogP contribution in [0.3, 0.4) is 0 Å². The van der Waals surface area contributed by atoms with Gasteiger partial charge in [-0.25, -0.2) is 0 Å². The molecule has 0 aromatic heterocycles. The van der Waals surface area contributed by atoms with E-state index in [1.165, 1.54) is 11.8 Å². The van der Waals surface area contributed by atoms with Crippen LogP contribution in [-0.2, 0) is 9.59 Å². The average Bonchev–Trinajstić information content (AvgIpc) is 2.56. The molecule has 0 unspecified atom stereocenters. The number of halogens is 1. The predicted molar refractivity (Wildman–Crippen MR) is 104 cm³/mol. The van der Waals surface area contributed by atoms with E-state index in [1.54, 1.807) is 12.1 Å². The van der Waals surface area contributed by atoms with Crippen LogP contribution >= 0.6 is 11.6 Å². The zero-order valence-corrected chi connectivity index (χ0v) is 15.6. The smallest absolute Gasteiger partial charge is 0.244 e. The van der Waals surface area contributed by atoms with Crippen molar-refractivity contribution in [3.8, 4) is 0 Å². The van der Waals surface area contributed by atoms with Crippen molar-refractivity contribution in [2.24, 2.45) is 0 Å². The number of carbonyl (C=O) groups is 2. The molecule has 25 heavy (non-hydrogen) atoms. The summed E-state index contributed by atoms with van der Waals surface area (Å²) in [6.45, 7) is 3.26. The van der Waals surface area contributed by atoms with E-state index in [9.17, 15) is 9.59 Å². The quantitative estimate of drug-likeness (QED) is 0.885. The molecule has 0 saturated carbocycles. The summed E-state index contributed by atoms with van der Waals surface area (Å²) in [4.78, 5) is 27.7. The lowest BCUT2D eigenvalue weighted by Crippen LogP contribution is -2.36. The molecule has 0 atom stereocenters. The number of hydrogen-bond donors (Lipinski definition) is 1. The molecular weight excluding hydrogens is 338 g/mol. The van der Waals surface area contributed by atoms with Crippen LogP contribution in [0.1, 0.15) is 12.5 Å². The molecule has 6 heteroatoms. The topological polar surface area (TPSA) is 52.7 Å². The number of benzene rings is 2. The fraction of sp³-hybridized carbons (Fsp3) is 0.263. The maximum atomic E-state index is 12.3. The van der Waals surface area contributed by atoms with Crippen LogP contribution in [0.4, 0.5) is 17.1 Å². The van der Waals surface area contributed by atoms with Crippen molar-refractivity contribution in [2.45, 2.75) is 13.8 Å². The van der Waals surface area contributed by atoms with Crippen molar-refractivity contribution < 1.29 is 9.59 Å². The van der Waals surface area contributed by atoms with E-state index in [0.717, 1.165) is 11.3 Å². The number of amides is 2. The largest absolute Gasteiger partial charge is 0.378 e. The van der Waals surface area contributed by atoms with Gasteiger partial charge in [0.15, 0.2) is 0 Å². The Morgan fingerprint density at radius 3 is 2.16 bits per heavy atom. The van der Waals surface area contributed by atoms with Gasteiger partial charge in [-0.3, -0.25) is 9.59 Å². The molecule has 0 spiro atoms. The summed E-state index contributed by atoms with van der Waals surface area (Å²) in [7, 11) is 3.88. The SMILES string of the molecule is CC(=O)N(CC(=O)Nc1ccc(C)c(Cl)c1)c1ccc(N(C)C)cc1. The number of anilines is 3. The normalized spacial score (nSPS) is 10.3. The maximum absolute atomic E-state index is 12.3. The van der Waals surface area contributed by atoms with Gasteiger partial charge in [0.25, 0.3) is 0 Å². The highest BCUT2D eigenvalue weighted by Crippen LogP contribution is 2.21. The number of hydrogen-bond acceptors (Lipinski definition) is 3. The molecule has 0 aliphatic rings. The fourth-order valence-electron chi connectivity index (χ4n) is 2.33. The third kappa shape index (κ3) is 4.97. The Labute approximate surface area is 153 Å². The highest BCUT2D eigenvalue weighted by atomic mass is 35.5. The van der Waals surface area contributed by atoms with Crippen LogP contribution in [-0.4, -0.2) is 32.5 Å². The lowest BCUT2D eigenvalue weighted by molar-refractivity contribution is -0.120. The van der Waals surface area contributed by atoms with Gasteiger partial charge in [0, 0.05) is 43.1 Å². The molecule has 0 aliphatic heterocycles. The Morgan fingerprint density at radius 1 is 1.04 bits per heavy atom. The maximum Gasteiger partial charge on any atom is 0.244 e. The minimum atomic E-state index is -0.285. The second-order valence-corrected chi connectivity index (χ2v) is 6.44. The molecule has 1 N–H and O–H groups in total. The second-order valence-electron chi connectivity index (χ2n) is 6.03. The van der Waals surface area contributed by atoms with E-state index in [-0.39, 0.29) is 18.4 Å². The molecule has 5 nitrogen and oxygen atoms in total. The van der Waals surface area contributed by atoms with Gasteiger partial charge in [0.2, 0.25) is 11.8 Å². The number of nitrogens with zero attached hydrogens (tertiary/aromatic N) is 2. The zero-order valence-electron chi connectivity index (χ0n) is 14.8. The lowest BCUT2D eigenvalue weighted by Gasteiger charge is -2.22. The minimum absolute atomic E-state index is 0.0673. The first-order valence-electron chi connectivity index (χ1n) is 7.89.